The van der Waals surface area contributed by atoms with Crippen molar-refractivity contribution in [2.24, 2.45) is 27.8 Å². The van der Waals surface area contributed by atoms with Gasteiger partial charge in [-0.1, -0.05) is 45.9 Å². The average molecular weight is 413 g/mol. The maximum absolute atomic E-state index is 4.85. The van der Waals surface area contributed by atoms with Crippen molar-refractivity contribution in [3.8, 4) is 0 Å². The van der Waals surface area contributed by atoms with E-state index in [0.717, 1.165) is 22.4 Å². The number of rotatable bonds is 7. The van der Waals surface area contributed by atoms with Crippen molar-refractivity contribution in [3.63, 3.8) is 0 Å². The van der Waals surface area contributed by atoms with Gasteiger partial charge in [-0.3, -0.25) is 5.43 Å². The van der Waals surface area contributed by atoms with Crippen LogP contribution in [0.4, 0.5) is 0 Å². The summed E-state index contributed by atoms with van der Waals surface area (Å²) in [5.74, 6) is 2.54. The maximum Gasteiger partial charge on any atom is 0.146 e. The second-order valence-electron chi connectivity index (χ2n) is 6.03. The molecule has 0 fully saturated rings. The van der Waals surface area contributed by atoms with Crippen molar-refractivity contribution in [2.75, 3.05) is 0 Å². The molecule has 0 aromatic heterocycles. The SMILES string of the molecule is C/C=C\C(I)=N/NC1=CC=CC(CC)C(CC(C)C(C)C)=N1. The molecule has 1 aliphatic rings. The fourth-order valence-electron chi connectivity index (χ4n) is 2.15. The van der Waals surface area contributed by atoms with Crippen molar-refractivity contribution in [3.05, 3.63) is 36.2 Å². The van der Waals surface area contributed by atoms with E-state index < -0.39 is 0 Å². The molecule has 22 heavy (non-hydrogen) atoms. The first kappa shape index (κ1) is 19.1. The number of nitrogens with zero attached hydrogens (tertiary/aromatic N) is 2. The van der Waals surface area contributed by atoms with Crippen LogP contribution in [0.5, 0.6) is 0 Å². The molecule has 1 heterocycles. The van der Waals surface area contributed by atoms with Crippen LogP contribution in [-0.4, -0.2) is 9.43 Å². The van der Waals surface area contributed by atoms with E-state index in [4.69, 9.17) is 4.99 Å². The molecule has 0 aromatic rings. The largest absolute Gasteiger partial charge is 0.260 e. The first-order valence-corrected chi connectivity index (χ1v) is 9.13. The third-order valence-corrected chi connectivity index (χ3v) is 4.58. The van der Waals surface area contributed by atoms with Gasteiger partial charge in [0.05, 0.1) is 0 Å². The normalized spacial score (nSPS) is 20.9. The number of hydrogen-bond acceptors (Lipinski definition) is 3. The zero-order chi connectivity index (χ0) is 16.5. The Bertz CT molecular complexity index is 498. The van der Waals surface area contributed by atoms with Crippen LogP contribution in [0.2, 0.25) is 0 Å². The lowest BCUT2D eigenvalue weighted by Gasteiger charge is -2.20. The summed E-state index contributed by atoms with van der Waals surface area (Å²) in [5.41, 5.74) is 4.33. The van der Waals surface area contributed by atoms with Gasteiger partial charge in [0, 0.05) is 11.6 Å². The highest BCUT2D eigenvalue weighted by atomic mass is 127. The van der Waals surface area contributed by atoms with Crippen molar-refractivity contribution in [1.29, 1.82) is 0 Å². The Morgan fingerprint density at radius 1 is 1.45 bits per heavy atom. The van der Waals surface area contributed by atoms with E-state index in [9.17, 15) is 0 Å². The fourth-order valence-corrected chi connectivity index (χ4v) is 2.63. The zero-order valence-corrected chi connectivity index (χ0v) is 16.5. The Kier molecular flexibility index (Phi) is 8.68. The summed E-state index contributed by atoms with van der Waals surface area (Å²) in [5, 5.41) is 4.34. The van der Waals surface area contributed by atoms with Gasteiger partial charge in [-0.05, 0) is 66.3 Å². The summed E-state index contributed by atoms with van der Waals surface area (Å²) in [7, 11) is 0. The molecule has 0 aromatic carbocycles. The Labute approximate surface area is 148 Å². The maximum atomic E-state index is 4.85. The molecule has 2 atom stereocenters. The lowest BCUT2D eigenvalue weighted by Crippen LogP contribution is -2.19. The summed E-state index contributed by atoms with van der Waals surface area (Å²) >= 11 is 2.20. The van der Waals surface area contributed by atoms with Crippen LogP contribution < -0.4 is 5.43 Å². The van der Waals surface area contributed by atoms with Gasteiger partial charge in [0.15, 0.2) is 0 Å². The highest BCUT2D eigenvalue weighted by molar-refractivity contribution is 14.1. The number of hydrazone groups is 1. The van der Waals surface area contributed by atoms with E-state index in [0.29, 0.717) is 17.8 Å². The first-order chi connectivity index (χ1) is 10.5. The van der Waals surface area contributed by atoms with Gasteiger partial charge >= 0.3 is 0 Å². The topological polar surface area (TPSA) is 36.8 Å². The van der Waals surface area contributed by atoms with Crippen LogP contribution in [0.25, 0.3) is 0 Å². The van der Waals surface area contributed by atoms with Gasteiger partial charge in [0.25, 0.3) is 0 Å². The van der Waals surface area contributed by atoms with Gasteiger partial charge in [0.2, 0.25) is 0 Å². The molecule has 0 saturated carbocycles. The minimum Gasteiger partial charge on any atom is -0.260 e. The molecule has 0 bridgehead atoms. The van der Waals surface area contributed by atoms with Crippen molar-refractivity contribution < 1.29 is 0 Å². The van der Waals surface area contributed by atoms with E-state index in [1.807, 2.05) is 25.2 Å². The Morgan fingerprint density at radius 3 is 2.77 bits per heavy atom. The smallest absolute Gasteiger partial charge is 0.146 e. The fraction of sp³-hybridized carbons (Fsp3) is 0.556. The van der Waals surface area contributed by atoms with Crippen LogP contribution >= 0.6 is 22.6 Å². The van der Waals surface area contributed by atoms with Gasteiger partial charge in [-0.25, -0.2) is 4.99 Å². The van der Waals surface area contributed by atoms with Gasteiger partial charge in [-0.15, -0.1) is 0 Å². The van der Waals surface area contributed by atoms with Crippen LogP contribution in [0.1, 0.15) is 47.5 Å². The molecule has 0 spiro atoms. The molecule has 4 heteroatoms. The molecule has 2 unspecified atom stereocenters. The number of aliphatic imine (C=N–C) groups is 1. The Morgan fingerprint density at radius 2 is 2.18 bits per heavy atom. The molecule has 1 aliphatic heterocycles. The average Bonchev–Trinajstić information content (AvgIpc) is 2.67. The highest BCUT2D eigenvalue weighted by Crippen LogP contribution is 2.22. The summed E-state index contributed by atoms with van der Waals surface area (Å²) in [6.45, 7) is 11.1. The molecular formula is C18H28IN3. The first-order valence-electron chi connectivity index (χ1n) is 8.05. The van der Waals surface area contributed by atoms with Gasteiger partial charge in [-0.2, -0.15) is 5.10 Å². The number of nitrogens with one attached hydrogen (secondary N) is 1. The van der Waals surface area contributed by atoms with Crippen LogP contribution in [-0.2, 0) is 0 Å². The summed E-state index contributed by atoms with van der Waals surface area (Å²) in [4.78, 5) is 4.85. The number of allylic oxidation sites excluding steroid dienone is 5. The van der Waals surface area contributed by atoms with Crippen LogP contribution in [0, 0.1) is 17.8 Å². The highest BCUT2D eigenvalue weighted by Gasteiger charge is 2.18. The standard InChI is InChI=1S/C18H28IN3/c1-6-9-17(19)21-22-18-11-8-10-15(7-2)16(20-18)12-14(5)13(3)4/h6,8-11,13-15,22H,7,12H2,1-5H3/b9-6-,21-17+. The van der Waals surface area contributed by atoms with Crippen molar-refractivity contribution in [1.82, 2.24) is 5.43 Å². The molecule has 0 radical (unpaired) electrons. The van der Waals surface area contributed by atoms with Crippen LogP contribution in [0.3, 0.4) is 0 Å². The predicted octanol–water partition coefficient (Wildman–Crippen LogP) is 5.46. The number of halogens is 1. The second kappa shape index (κ2) is 9.98. The van der Waals surface area contributed by atoms with E-state index in [-0.39, 0.29) is 0 Å². The second-order valence-corrected chi connectivity index (χ2v) is 7.13. The molecule has 1 rings (SSSR count). The monoisotopic (exact) mass is 413 g/mol. The van der Waals surface area contributed by atoms with Gasteiger partial charge < -0.3 is 0 Å². The minimum atomic E-state index is 0.426. The van der Waals surface area contributed by atoms with Gasteiger partial charge in [0.1, 0.15) is 9.54 Å². The lowest BCUT2D eigenvalue weighted by molar-refractivity contribution is 0.428. The summed E-state index contributed by atoms with van der Waals surface area (Å²) < 4.78 is 0.911. The van der Waals surface area contributed by atoms with E-state index in [2.05, 4.69) is 73.0 Å². The van der Waals surface area contributed by atoms with Crippen molar-refractivity contribution >= 4 is 32.0 Å². The summed E-state index contributed by atoms with van der Waals surface area (Å²) in [6.07, 6.45) is 12.4. The predicted molar refractivity (Wildman–Crippen MR) is 106 cm³/mol. The minimum absolute atomic E-state index is 0.426. The molecule has 3 nitrogen and oxygen atoms in total. The van der Waals surface area contributed by atoms with Crippen LogP contribution in [0.15, 0.2) is 46.3 Å². The van der Waals surface area contributed by atoms with E-state index in [1.165, 1.54) is 5.71 Å². The molecular weight excluding hydrogens is 385 g/mol. The lowest BCUT2D eigenvalue weighted by atomic mass is 9.87. The van der Waals surface area contributed by atoms with E-state index in [1.54, 1.807) is 0 Å². The quantitative estimate of drug-likeness (QED) is 0.336. The molecule has 0 saturated heterocycles. The Hall–Kier alpha value is -0.910. The van der Waals surface area contributed by atoms with Crippen molar-refractivity contribution in [2.45, 2.75) is 47.5 Å². The third-order valence-electron chi connectivity index (χ3n) is 3.98. The zero-order valence-electron chi connectivity index (χ0n) is 14.3. The van der Waals surface area contributed by atoms with E-state index >= 15 is 0 Å². The molecule has 122 valence electrons. The molecule has 1 N–H and O–H groups in total. The molecule has 0 amide bonds. The number of hydrogen-bond donors (Lipinski definition) is 1. The summed E-state index contributed by atoms with van der Waals surface area (Å²) in [6, 6.07) is 0. The third kappa shape index (κ3) is 6.46. The molecule has 0 aliphatic carbocycles. The Balaban J connectivity index is 2.91.